The van der Waals surface area contributed by atoms with Gasteiger partial charge in [-0.15, -0.1) is 0 Å². The van der Waals surface area contributed by atoms with E-state index in [0.29, 0.717) is 6.54 Å². The Morgan fingerprint density at radius 2 is 2.07 bits per heavy atom. The van der Waals surface area contributed by atoms with Crippen LogP contribution in [0.15, 0.2) is 29.5 Å². The zero-order valence-electron chi connectivity index (χ0n) is 17.5. The number of carbonyl (C=O) groups excluding carboxylic acids is 1. The molecule has 0 unspecified atom stereocenters. The number of rotatable bonds is 6. The number of aliphatic imine (C=N–C) groups is 1. The fraction of sp³-hybridized carbons (Fsp3) is 0.571. The van der Waals surface area contributed by atoms with Crippen molar-refractivity contribution in [2.75, 3.05) is 34.2 Å². The second-order valence-corrected chi connectivity index (χ2v) is 7.94. The van der Waals surface area contributed by atoms with Gasteiger partial charge in [0.25, 0.3) is 0 Å². The predicted octanol–water partition coefficient (Wildman–Crippen LogP) is 2.00. The third-order valence-corrected chi connectivity index (χ3v) is 5.64. The van der Waals surface area contributed by atoms with Gasteiger partial charge >= 0.3 is 0 Å². The zero-order valence-corrected chi connectivity index (χ0v) is 17.5. The minimum atomic E-state index is -0.305. The van der Waals surface area contributed by atoms with Crippen molar-refractivity contribution in [3.05, 3.63) is 35.8 Å². The summed E-state index contributed by atoms with van der Waals surface area (Å²) in [5.74, 6) is 0.950. The molecular formula is C21H32N6O. The lowest BCUT2D eigenvalue weighted by molar-refractivity contribution is -0.138. The van der Waals surface area contributed by atoms with Crippen molar-refractivity contribution in [2.45, 2.75) is 39.0 Å². The highest BCUT2D eigenvalue weighted by Crippen LogP contribution is 2.38. The Hall–Kier alpha value is -2.57. The van der Waals surface area contributed by atoms with Crippen LogP contribution in [0.5, 0.6) is 0 Å². The van der Waals surface area contributed by atoms with Crippen LogP contribution in [0.1, 0.15) is 36.9 Å². The molecule has 0 spiro atoms. The van der Waals surface area contributed by atoms with Gasteiger partial charge in [-0.2, -0.15) is 0 Å². The van der Waals surface area contributed by atoms with E-state index in [2.05, 4.69) is 39.2 Å². The van der Waals surface area contributed by atoms with Gasteiger partial charge in [-0.1, -0.05) is 18.9 Å². The number of aryl methyl sites for hydroxylation is 1. The standard InChI is InChI=1S/C21H32N6O/c1-16-8-7-13-27-14-17(25-18(16)27)9-12-23-20(22-2)24-15-21(10-5-6-11-21)19(28)26(3)4/h7-8,13-14H,5-6,9-12,15H2,1-4H3,(H2,22,23,24). The van der Waals surface area contributed by atoms with Crippen LogP contribution in [-0.2, 0) is 11.2 Å². The first-order valence-corrected chi connectivity index (χ1v) is 10.0. The van der Waals surface area contributed by atoms with Crippen LogP contribution in [0.25, 0.3) is 5.65 Å². The highest BCUT2D eigenvalue weighted by atomic mass is 16.2. The first-order chi connectivity index (χ1) is 13.4. The topological polar surface area (TPSA) is 74.0 Å². The van der Waals surface area contributed by atoms with E-state index in [1.165, 1.54) is 5.56 Å². The summed E-state index contributed by atoms with van der Waals surface area (Å²) in [4.78, 5) is 23.4. The summed E-state index contributed by atoms with van der Waals surface area (Å²) in [5, 5.41) is 6.73. The van der Waals surface area contributed by atoms with E-state index in [9.17, 15) is 4.79 Å². The molecule has 0 aliphatic heterocycles. The van der Waals surface area contributed by atoms with Crippen LogP contribution < -0.4 is 10.6 Å². The van der Waals surface area contributed by atoms with Gasteiger partial charge in [0.05, 0.1) is 11.1 Å². The SMILES string of the molecule is CN=C(NCCc1cn2cccc(C)c2n1)NCC1(C(=O)N(C)C)CCCC1. The number of aromatic nitrogens is 2. The maximum Gasteiger partial charge on any atom is 0.230 e. The third-order valence-electron chi connectivity index (χ3n) is 5.64. The molecule has 7 nitrogen and oxygen atoms in total. The smallest absolute Gasteiger partial charge is 0.230 e. The Morgan fingerprint density at radius 3 is 2.71 bits per heavy atom. The van der Waals surface area contributed by atoms with Crippen LogP contribution in [0.4, 0.5) is 0 Å². The van der Waals surface area contributed by atoms with Crippen LogP contribution in [-0.4, -0.2) is 60.4 Å². The minimum absolute atomic E-state index is 0.216. The van der Waals surface area contributed by atoms with E-state index in [0.717, 1.165) is 55.9 Å². The largest absolute Gasteiger partial charge is 0.356 e. The van der Waals surface area contributed by atoms with Crippen molar-refractivity contribution in [3.8, 4) is 0 Å². The second-order valence-electron chi connectivity index (χ2n) is 7.94. The summed E-state index contributed by atoms with van der Waals surface area (Å²) in [6.45, 7) is 3.43. The normalized spacial score (nSPS) is 16.4. The lowest BCUT2D eigenvalue weighted by Gasteiger charge is -2.31. The van der Waals surface area contributed by atoms with E-state index in [1.807, 2.05) is 26.4 Å². The lowest BCUT2D eigenvalue weighted by Crippen LogP contribution is -2.49. The lowest BCUT2D eigenvalue weighted by atomic mass is 9.84. The quantitative estimate of drug-likeness (QED) is 0.590. The van der Waals surface area contributed by atoms with Crippen molar-refractivity contribution in [1.82, 2.24) is 24.9 Å². The molecule has 2 N–H and O–H groups in total. The Bertz CT molecular complexity index is 848. The van der Waals surface area contributed by atoms with E-state index >= 15 is 0 Å². The summed E-state index contributed by atoms with van der Waals surface area (Å²) >= 11 is 0. The number of amides is 1. The molecular weight excluding hydrogens is 352 g/mol. The molecule has 1 aliphatic carbocycles. The highest BCUT2D eigenvalue weighted by Gasteiger charge is 2.42. The van der Waals surface area contributed by atoms with E-state index in [-0.39, 0.29) is 11.3 Å². The van der Waals surface area contributed by atoms with Crippen LogP contribution in [0, 0.1) is 12.3 Å². The van der Waals surface area contributed by atoms with Crippen molar-refractivity contribution < 1.29 is 4.79 Å². The fourth-order valence-corrected chi connectivity index (χ4v) is 4.10. The monoisotopic (exact) mass is 384 g/mol. The van der Waals surface area contributed by atoms with Gasteiger partial charge in [0, 0.05) is 53.0 Å². The average molecular weight is 385 g/mol. The Balaban J connectivity index is 1.54. The molecule has 0 saturated heterocycles. The van der Waals surface area contributed by atoms with E-state index < -0.39 is 0 Å². The van der Waals surface area contributed by atoms with Crippen molar-refractivity contribution in [1.29, 1.82) is 0 Å². The maximum atomic E-state index is 12.7. The summed E-state index contributed by atoms with van der Waals surface area (Å²) in [6, 6.07) is 4.11. The summed E-state index contributed by atoms with van der Waals surface area (Å²) in [6.07, 6.45) is 9.01. The molecule has 2 aromatic rings. The number of nitrogens with one attached hydrogen (secondary N) is 2. The average Bonchev–Trinajstić information content (AvgIpc) is 3.32. The number of guanidine groups is 1. The molecule has 152 valence electrons. The Kier molecular flexibility index (Phi) is 6.21. The molecule has 0 bridgehead atoms. The van der Waals surface area contributed by atoms with Crippen molar-refractivity contribution >= 4 is 17.5 Å². The van der Waals surface area contributed by atoms with Crippen LogP contribution in [0.2, 0.25) is 0 Å². The van der Waals surface area contributed by atoms with Gasteiger partial charge in [0.15, 0.2) is 5.96 Å². The number of nitrogens with zero attached hydrogens (tertiary/aromatic N) is 4. The number of fused-ring (bicyclic) bond motifs is 1. The van der Waals surface area contributed by atoms with Gasteiger partial charge in [-0.3, -0.25) is 9.79 Å². The Labute approximate surface area is 167 Å². The molecule has 0 atom stereocenters. The molecule has 1 aliphatic rings. The van der Waals surface area contributed by atoms with Crippen LogP contribution >= 0.6 is 0 Å². The zero-order chi connectivity index (χ0) is 20.1. The highest BCUT2D eigenvalue weighted by molar-refractivity contribution is 5.85. The van der Waals surface area contributed by atoms with Gasteiger partial charge in [-0.05, 0) is 31.4 Å². The molecule has 1 fully saturated rings. The molecule has 28 heavy (non-hydrogen) atoms. The molecule has 2 aromatic heterocycles. The van der Waals surface area contributed by atoms with Gasteiger partial charge in [-0.25, -0.2) is 4.98 Å². The number of pyridine rings is 1. The van der Waals surface area contributed by atoms with Gasteiger partial charge in [0.2, 0.25) is 5.91 Å². The molecule has 2 heterocycles. The van der Waals surface area contributed by atoms with E-state index in [4.69, 9.17) is 4.98 Å². The maximum absolute atomic E-state index is 12.7. The number of carbonyl (C=O) groups is 1. The number of imidazole rings is 1. The molecule has 0 radical (unpaired) electrons. The molecule has 0 aromatic carbocycles. The second kappa shape index (κ2) is 8.63. The van der Waals surface area contributed by atoms with Gasteiger partial charge in [0.1, 0.15) is 5.65 Å². The fourth-order valence-electron chi connectivity index (χ4n) is 4.10. The summed E-state index contributed by atoms with van der Waals surface area (Å²) in [7, 11) is 5.44. The van der Waals surface area contributed by atoms with Crippen molar-refractivity contribution in [2.24, 2.45) is 10.4 Å². The molecule has 1 saturated carbocycles. The predicted molar refractivity (Wildman–Crippen MR) is 113 cm³/mol. The molecule has 1 amide bonds. The first kappa shape index (κ1) is 20.2. The molecule has 3 rings (SSSR count). The van der Waals surface area contributed by atoms with Gasteiger partial charge < -0.3 is 19.9 Å². The number of hydrogen-bond donors (Lipinski definition) is 2. The van der Waals surface area contributed by atoms with Crippen LogP contribution in [0.3, 0.4) is 0 Å². The van der Waals surface area contributed by atoms with E-state index in [1.54, 1.807) is 11.9 Å². The first-order valence-electron chi connectivity index (χ1n) is 10.0. The minimum Gasteiger partial charge on any atom is -0.356 e. The molecule has 7 heteroatoms. The van der Waals surface area contributed by atoms with Crippen molar-refractivity contribution in [3.63, 3.8) is 0 Å². The Morgan fingerprint density at radius 1 is 1.32 bits per heavy atom. The summed E-state index contributed by atoms with van der Waals surface area (Å²) < 4.78 is 2.06. The summed E-state index contributed by atoms with van der Waals surface area (Å²) in [5.41, 5.74) is 2.92. The number of hydrogen-bond acceptors (Lipinski definition) is 3. The third kappa shape index (κ3) is 4.29.